The van der Waals surface area contributed by atoms with Gasteiger partial charge in [-0.1, -0.05) is 24.6 Å². The van der Waals surface area contributed by atoms with E-state index in [9.17, 15) is 0 Å². The molecule has 0 N–H and O–H groups in total. The molecule has 0 saturated heterocycles. The van der Waals surface area contributed by atoms with Crippen molar-refractivity contribution < 1.29 is 21.5 Å². The van der Waals surface area contributed by atoms with E-state index in [-0.39, 0.29) is 17.0 Å². The van der Waals surface area contributed by atoms with Gasteiger partial charge in [-0.2, -0.15) is 0 Å². The third kappa shape index (κ3) is 3.02. The lowest BCUT2D eigenvalue weighted by atomic mass is 10.1. The van der Waals surface area contributed by atoms with E-state index in [1.807, 2.05) is 0 Å². The van der Waals surface area contributed by atoms with Gasteiger partial charge in [0.15, 0.2) is 0 Å². The molecule has 0 unspecified atom stereocenters. The van der Waals surface area contributed by atoms with Crippen LogP contribution in [0.2, 0.25) is 0 Å². The molecule has 2 rings (SSSR count). The lowest BCUT2D eigenvalue weighted by Crippen LogP contribution is -3.00. The van der Waals surface area contributed by atoms with Gasteiger partial charge in [-0.25, -0.2) is 9.13 Å². The Morgan fingerprint density at radius 2 is 1.72 bits per heavy atom. The van der Waals surface area contributed by atoms with E-state index in [0.717, 1.165) is 6.54 Å². The van der Waals surface area contributed by atoms with Gasteiger partial charge in [0.2, 0.25) is 6.33 Å². The molecule has 0 aliphatic heterocycles. The van der Waals surface area contributed by atoms with Crippen LogP contribution in [-0.2, 0) is 6.54 Å². The highest BCUT2D eigenvalue weighted by Gasteiger charge is 2.12. The Labute approximate surface area is 120 Å². The van der Waals surface area contributed by atoms with E-state index >= 15 is 0 Å². The topological polar surface area (TPSA) is 8.81 Å². The van der Waals surface area contributed by atoms with Gasteiger partial charge in [0, 0.05) is 0 Å². The van der Waals surface area contributed by atoms with Crippen LogP contribution in [0.25, 0.3) is 5.69 Å². The minimum atomic E-state index is 0. The number of hydrogen-bond acceptors (Lipinski definition) is 0. The van der Waals surface area contributed by atoms with Crippen LogP contribution < -0.4 is 21.5 Å². The van der Waals surface area contributed by atoms with Crippen molar-refractivity contribution in [2.45, 2.75) is 40.7 Å². The quantitative estimate of drug-likeness (QED) is 0.712. The predicted octanol–water partition coefficient (Wildman–Crippen LogP) is 0.104. The van der Waals surface area contributed by atoms with E-state index in [2.05, 4.69) is 67.7 Å². The zero-order valence-corrected chi connectivity index (χ0v) is 13.2. The molecule has 0 radical (unpaired) electrons. The number of aryl methyl sites for hydroxylation is 4. The van der Waals surface area contributed by atoms with Crippen LogP contribution in [-0.4, -0.2) is 4.57 Å². The Morgan fingerprint density at radius 1 is 1.11 bits per heavy atom. The highest BCUT2D eigenvalue weighted by Crippen LogP contribution is 2.20. The van der Waals surface area contributed by atoms with Crippen molar-refractivity contribution in [3.8, 4) is 5.69 Å². The molecule has 0 saturated carbocycles. The Bertz CT molecular complexity index is 506. The first-order chi connectivity index (χ1) is 8.11. The first kappa shape index (κ1) is 15.0. The summed E-state index contributed by atoms with van der Waals surface area (Å²) >= 11 is 0. The first-order valence-corrected chi connectivity index (χ1v) is 6.27. The second-order valence-corrected chi connectivity index (χ2v) is 4.81. The Morgan fingerprint density at radius 3 is 2.28 bits per heavy atom. The molecule has 2 nitrogen and oxygen atoms in total. The van der Waals surface area contributed by atoms with Crippen LogP contribution >= 0.6 is 0 Å². The second-order valence-electron chi connectivity index (χ2n) is 4.81. The molecule has 1 heterocycles. The summed E-state index contributed by atoms with van der Waals surface area (Å²) in [6, 6.07) is 4.49. The van der Waals surface area contributed by atoms with E-state index in [1.54, 1.807) is 0 Å². The zero-order chi connectivity index (χ0) is 12.4. The lowest BCUT2D eigenvalue weighted by molar-refractivity contribution is -0.696. The predicted molar refractivity (Wildman–Crippen MR) is 70.5 cm³/mol. The van der Waals surface area contributed by atoms with E-state index in [1.165, 1.54) is 28.8 Å². The van der Waals surface area contributed by atoms with Crippen LogP contribution in [0.1, 0.15) is 30.0 Å². The fraction of sp³-hybridized carbons (Fsp3) is 0.400. The zero-order valence-electron chi connectivity index (χ0n) is 11.6. The van der Waals surface area contributed by atoms with Crippen LogP contribution in [0.3, 0.4) is 0 Å². The molecule has 0 fully saturated rings. The SMILES string of the molecule is CCC[n+]1ccn(-c2c(C)cc(C)cc2C)c1.[Br-]. The number of imidazole rings is 1. The van der Waals surface area contributed by atoms with Crippen molar-refractivity contribution in [3.63, 3.8) is 0 Å². The van der Waals surface area contributed by atoms with Gasteiger partial charge in [0.25, 0.3) is 0 Å². The number of halogens is 1. The van der Waals surface area contributed by atoms with Crippen molar-refractivity contribution in [3.05, 3.63) is 47.5 Å². The third-order valence-electron chi connectivity index (χ3n) is 3.07. The number of aromatic nitrogens is 2. The molecule has 1 aromatic heterocycles. The number of rotatable bonds is 3. The van der Waals surface area contributed by atoms with Gasteiger partial charge in [-0.05, 0) is 38.3 Å². The Hall–Kier alpha value is -1.09. The first-order valence-electron chi connectivity index (χ1n) is 6.27. The van der Waals surface area contributed by atoms with E-state index in [0.29, 0.717) is 0 Å². The summed E-state index contributed by atoms with van der Waals surface area (Å²) in [5.41, 5.74) is 5.31. The summed E-state index contributed by atoms with van der Waals surface area (Å²) in [6.45, 7) is 9.79. The Kier molecular flexibility index (Phi) is 5.15. The van der Waals surface area contributed by atoms with Gasteiger partial charge in [0.1, 0.15) is 18.1 Å². The monoisotopic (exact) mass is 308 g/mol. The van der Waals surface area contributed by atoms with Crippen molar-refractivity contribution in [1.82, 2.24) is 4.57 Å². The summed E-state index contributed by atoms with van der Waals surface area (Å²) in [6.07, 6.45) is 7.62. The maximum Gasteiger partial charge on any atom is 0.248 e. The molecule has 0 bridgehead atoms. The van der Waals surface area contributed by atoms with E-state index < -0.39 is 0 Å². The Balaban J connectivity index is 0.00000162. The van der Waals surface area contributed by atoms with E-state index in [4.69, 9.17) is 0 Å². The van der Waals surface area contributed by atoms with Crippen LogP contribution in [0, 0.1) is 20.8 Å². The van der Waals surface area contributed by atoms with Gasteiger partial charge >= 0.3 is 0 Å². The highest BCUT2D eigenvalue weighted by molar-refractivity contribution is 5.48. The summed E-state index contributed by atoms with van der Waals surface area (Å²) < 4.78 is 4.46. The van der Waals surface area contributed by atoms with Gasteiger partial charge in [-0.3, -0.25) is 0 Å². The van der Waals surface area contributed by atoms with Crippen LogP contribution in [0.5, 0.6) is 0 Å². The average Bonchev–Trinajstić information content (AvgIpc) is 2.65. The maximum absolute atomic E-state index is 2.24. The largest absolute Gasteiger partial charge is 1.00 e. The van der Waals surface area contributed by atoms with Crippen LogP contribution in [0.4, 0.5) is 0 Å². The van der Waals surface area contributed by atoms with Crippen LogP contribution in [0.15, 0.2) is 30.9 Å². The molecular formula is C15H21BrN2. The number of benzene rings is 1. The molecule has 0 atom stereocenters. The highest BCUT2D eigenvalue weighted by atomic mass is 79.9. The normalized spacial score (nSPS) is 10.2. The molecule has 0 aliphatic rings. The average molecular weight is 309 g/mol. The fourth-order valence-corrected chi connectivity index (χ4v) is 2.50. The van der Waals surface area contributed by atoms with Crippen molar-refractivity contribution in [2.75, 3.05) is 0 Å². The number of nitrogens with zero attached hydrogens (tertiary/aromatic N) is 2. The summed E-state index contributed by atoms with van der Waals surface area (Å²) in [5.74, 6) is 0. The molecule has 18 heavy (non-hydrogen) atoms. The van der Waals surface area contributed by atoms with Gasteiger partial charge < -0.3 is 17.0 Å². The third-order valence-corrected chi connectivity index (χ3v) is 3.07. The smallest absolute Gasteiger partial charge is 0.248 e. The van der Waals surface area contributed by atoms with Crippen molar-refractivity contribution in [2.24, 2.45) is 0 Å². The van der Waals surface area contributed by atoms with Gasteiger partial charge in [0.05, 0.1) is 6.54 Å². The molecule has 0 amide bonds. The molecule has 1 aromatic carbocycles. The van der Waals surface area contributed by atoms with Crippen molar-refractivity contribution in [1.29, 1.82) is 0 Å². The number of hydrogen-bond donors (Lipinski definition) is 0. The standard InChI is InChI=1S/C15H21N2.BrH/c1-5-6-16-7-8-17(11-16)15-13(3)9-12(2)10-14(15)4;/h7-11H,5-6H2,1-4H3;1H/q+1;/p-1. The fourth-order valence-electron chi connectivity index (χ4n) is 2.50. The summed E-state index contributed by atoms with van der Waals surface area (Å²) in [7, 11) is 0. The summed E-state index contributed by atoms with van der Waals surface area (Å²) in [5, 5.41) is 0. The minimum Gasteiger partial charge on any atom is -1.00 e. The maximum atomic E-state index is 2.24. The molecule has 3 heteroatoms. The molecule has 2 aromatic rings. The molecular weight excluding hydrogens is 288 g/mol. The molecule has 0 aliphatic carbocycles. The lowest BCUT2D eigenvalue weighted by Gasteiger charge is -2.06. The summed E-state index contributed by atoms with van der Waals surface area (Å²) in [4.78, 5) is 0. The van der Waals surface area contributed by atoms with Crippen molar-refractivity contribution >= 4 is 0 Å². The second kappa shape index (κ2) is 6.19. The minimum absolute atomic E-state index is 0. The van der Waals surface area contributed by atoms with Gasteiger partial charge in [-0.15, -0.1) is 0 Å². The molecule has 0 spiro atoms. The molecule has 98 valence electrons.